The van der Waals surface area contributed by atoms with Crippen LogP contribution in [0.1, 0.15) is 36.1 Å². The number of aliphatic carboxylic acids is 1. The molecule has 0 radical (unpaired) electrons. The van der Waals surface area contributed by atoms with Gasteiger partial charge in [0.25, 0.3) is 0 Å². The summed E-state index contributed by atoms with van der Waals surface area (Å²) in [5.74, 6) is -1.28. The number of carboxylic acids is 1. The fourth-order valence-corrected chi connectivity index (χ4v) is 4.64. The minimum Gasteiger partial charge on any atom is -0.480 e. The van der Waals surface area contributed by atoms with Crippen LogP contribution < -0.4 is 18.9 Å². The number of fused-ring (bicyclic) bond motifs is 1. The standard InChI is InChI=1S/C25H20N2O4S.C2H5.Li/c28-15-20-13-18-9-4-5-10-19(18)14-21(20)26-16-32-23(17-7-2-1-3-8-17)24(29)27-12-6-11-22(27)25(30)31;1-2;/h1-5,7-10,13-14,22-23H,6,11-12H2,(H,30,31);1H2,2H3;/q-2;-1;+1/t22-,23+;;/m1../s1. The summed E-state index contributed by atoms with van der Waals surface area (Å²) in [5.41, 5.74) is 4.32. The third-order valence-corrected chi connectivity index (χ3v) is 6.36. The number of carbonyl (C=O) groups excluding carboxylic acids is 2. The molecule has 0 unspecified atom stereocenters. The van der Waals surface area contributed by atoms with Crippen LogP contribution in [0, 0.1) is 6.92 Å². The zero-order valence-corrected chi connectivity index (χ0v) is 20.6. The first-order valence-corrected chi connectivity index (χ1v) is 11.8. The molecule has 0 spiro atoms. The van der Waals surface area contributed by atoms with Crippen molar-refractivity contribution in [2.24, 2.45) is 4.99 Å². The van der Waals surface area contributed by atoms with E-state index in [1.807, 2.05) is 60.9 Å². The van der Waals surface area contributed by atoms with Gasteiger partial charge in [0, 0.05) is 6.54 Å². The Bertz CT molecular complexity index is 1190. The molecule has 3 aromatic rings. The van der Waals surface area contributed by atoms with Gasteiger partial charge in [-0.05, 0) is 23.8 Å². The number of nitrogens with zero attached hydrogens (tertiary/aromatic N) is 2. The largest absolute Gasteiger partial charge is 1.00 e. The van der Waals surface area contributed by atoms with Gasteiger partial charge in [0.2, 0.25) is 5.91 Å². The Kier molecular flexibility index (Phi) is 11.3. The van der Waals surface area contributed by atoms with Crippen LogP contribution in [0.25, 0.3) is 10.8 Å². The molecule has 0 saturated carbocycles. The molecule has 1 aliphatic heterocycles. The van der Waals surface area contributed by atoms with Crippen LogP contribution in [0.3, 0.4) is 0 Å². The van der Waals surface area contributed by atoms with E-state index in [1.54, 1.807) is 19.1 Å². The summed E-state index contributed by atoms with van der Waals surface area (Å²) < 4.78 is 0. The van der Waals surface area contributed by atoms with Gasteiger partial charge in [0.1, 0.15) is 6.04 Å². The zero-order chi connectivity index (χ0) is 24.5. The SMILES string of the molecule is O=[C-]c1cc2ccccc2cc1N=[C-]S[C@H](C(=O)N1CCC[C@@H]1C(=O)O)c1ccccc1.[CH2-]C.[Li+]. The Morgan fingerprint density at radius 2 is 1.71 bits per heavy atom. The van der Waals surface area contributed by atoms with Gasteiger partial charge in [0.05, 0.1) is 11.5 Å². The van der Waals surface area contributed by atoms with Crippen molar-refractivity contribution >= 4 is 51.9 Å². The summed E-state index contributed by atoms with van der Waals surface area (Å²) in [4.78, 5) is 42.1. The fourth-order valence-electron chi connectivity index (χ4n) is 3.86. The number of amides is 1. The van der Waals surface area contributed by atoms with Crippen molar-refractivity contribution < 1.29 is 38.4 Å². The average molecular weight is 481 g/mol. The number of benzene rings is 3. The van der Waals surface area contributed by atoms with Crippen molar-refractivity contribution in [1.82, 2.24) is 4.90 Å². The Morgan fingerprint density at radius 3 is 2.34 bits per heavy atom. The van der Waals surface area contributed by atoms with Crippen molar-refractivity contribution in [3.05, 3.63) is 84.8 Å². The van der Waals surface area contributed by atoms with Gasteiger partial charge in [-0.15, -0.1) is 17.3 Å². The molecule has 0 aliphatic carbocycles. The smallest absolute Gasteiger partial charge is 0.480 e. The zero-order valence-electron chi connectivity index (χ0n) is 19.8. The average Bonchev–Trinajstić information content (AvgIpc) is 3.38. The molecular weight excluding hydrogens is 455 g/mol. The molecule has 1 N–H and O–H groups in total. The van der Waals surface area contributed by atoms with Gasteiger partial charge in [-0.3, -0.25) is 4.79 Å². The van der Waals surface area contributed by atoms with E-state index in [9.17, 15) is 19.5 Å². The van der Waals surface area contributed by atoms with Gasteiger partial charge in [0.15, 0.2) is 0 Å². The second-order valence-electron chi connectivity index (χ2n) is 7.46. The monoisotopic (exact) mass is 480 g/mol. The van der Waals surface area contributed by atoms with Crippen LogP contribution >= 0.6 is 11.8 Å². The van der Waals surface area contributed by atoms with E-state index in [0.717, 1.165) is 28.1 Å². The maximum atomic E-state index is 13.3. The van der Waals surface area contributed by atoms with Crippen LogP contribution in [0.5, 0.6) is 0 Å². The Labute approximate surface area is 222 Å². The molecule has 1 heterocycles. The van der Waals surface area contributed by atoms with E-state index < -0.39 is 17.3 Å². The quantitative estimate of drug-likeness (QED) is 0.243. The molecular formula is C27H25LiN2O4S-2. The normalized spacial score (nSPS) is 15.7. The predicted octanol–water partition coefficient (Wildman–Crippen LogP) is 2.23. The molecule has 176 valence electrons. The number of hydrogen-bond donors (Lipinski definition) is 1. The summed E-state index contributed by atoms with van der Waals surface area (Å²) in [7, 11) is 0. The van der Waals surface area contributed by atoms with Crippen LogP contribution in [-0.4, -0.2) is 46.3 Å². The van der Waals surface area contributed by atoms with Crippen molar-refractivity contribution in [2.45, 2.75) is 31.1 Å². The summed E-state index contributed by atoms with van der Waals surface area (Å²) in [6.45, 7) is 5.41. The number of aliphatic imine (C=N–C) groups is 1. The number of thioether (sulfide) groups is 1. The molecule has 3 aromatic carbocycles. The predicted molar refractivity (Wildman–Crippen MR) is 136 cm³/mol. The molecule has 35 heavy (non-hydrogen) atoms. The van der Waals surface area contributed by atoms with Gasteiger partial charge in [-0.1, -0.05) is 60.0 Å². The van der Waals surface area contributed by atoms with Crippen LogP contribution in [-0.2, 0) is 14.4 Å². The van der Waals surface area contributed by atoms with Gasteiger partial charge in [-0.25, -0.2) is 16.6 Å². The number of carboxylic acid groups (broad SMARTS) is 1. The second kappa shape index (κ2) is 13.9. The first-order valence-electron chi connectivity index (χ1n) is 10.9. The van der Waals surface area contributed by atoms with Gasteiger partial charge < -0.3 is 26.7 Å². The van der Waals surface area contributed by atoms with E-state index in [0.29, 0.717) is 30.6 Å². The van der Waals surface area contributed by atoms with E-state index in [1.165, 1.54) is 4.90 Å². The number of carbonyl (C=O) groups is 2. The van der Waals surface area contributed by atoms with Gasteiger partial charge >= 0.3 is 24.8 Å². The maximum absolute atomic E-state index is 13.3. The third kappa shape index (κ3) is 6.85. The second-order valence-corrected chi connectivity index (χ2v) is 8.35. The first-order chi connectivity index (χ1) is 16.6. The molecule has 1 fully saturated rings. The van der Waals surface area contributed by atoms with Crippen LogP contribution in [0.4, 0.5) is 5.69 Å². The molecule has 4 rings (SSSR count). The van der Waals surface area contributed by atoms with E-state index >= 15 is 0 Å². The molecule has 1 amide bonds. The third-order valence-electron chi connectivity index (χ3n) is 5.46. The van der Waals surface area contributed by atoms with Crippen molar-refractivity contribution in [2.75, 3.05) is 6.54 Å². The minimum atomic E-state index is -0.993. The van der Waals surface area contributed by atoms with Crippen molar-refractivity contribution in [3.8, 4) is 0 Å². The number of likely N-dealkylation sites (tertiary alicyclic amines) is 1. The summed E-state index contributed by atoms with van der Waals surface area (Å²) in [5, 5.41) is 10.6. The molecule has 0 bridgehead atoms. The molecule has 1 saturated heterocycles. The van der Waals surface area contributed by atoms with Crippen molar-refractivity contribution in [1.29, 1.82) is 0 Å². The van der Waals surface area contributed by atoms with E-state index in [4.69, 9.17) is 0 Å². The Hall–Kier alpha value is -2.85. The van der Waals surface area contributed by atoms with Crippen LogP contribution in [0.15, 0.2) is 71.7 Å². The summed E-state index contributed by atoms with van der Waals surface area (Å²) in [6, 6.07) is 19.5. The maximum Gasteiger partial charge on any atom is 1.00 e. The molecule has 6 nitrogen and oxygen atoms in total. The minimum absolute atomic E-state index is 0. The fraction of sp³-hybridized carbons (Fsp3) is 0.222. The van der Waals surface area contributed by atoms with Gasteiger partial charge in [-0.2, -0.15) is 18.6 Å². The number of hydrogen-bond acceptors (Lipinski definition) is 5. The molecule has 8 heteroatoms. The van der Waals surface area contributed by atoms with Crippen molar-refractivity contribution in [3.63, 3.8) is 0 Å². The van der Waals surface area contributed by atoms with E-state index in [-0.39, 0.29) is 24.8 Å². The molecule has 0 aromatic heterocycles. The van der Waals surface area contributed by atoms with E-state index in [2.05, 4.69) is 17.5 Å². The summed E-state index contributed by atoms with van der Waals surface area (Å²) in [6.07, 6.45) is 3.01. The molecule has 1 aliphatic rings. The topological polar surface area (TPSA) is 87.0 Å². The number of rotatable bonds is 7. The summed E-state index contributed by atoms with van der Waals surface area (Å²) >= 11 is 1.07. The Balaban J connectivity index is 0.00000140. The van der Waals surface area contributed by atoms with Crippen LogP contribution in [0.2, 0.25) is 0 Å². The first kappa shape index (κ1) is 28.4. The Morgan fingerprint density at radius 1 is 1.09 bits per heavy atom. The molecule has 2 atom stereocenters.